The molecule has 2 unspecified atom stereocenters. The standard InChI is InChI=1S/C14H19N3O/c1-16-14(18)10-3-5-12(15)13(7-10)17-8-9-2-4-11(17)6-9/h3,5,7,9,11H,2,4,6,8,15H2,1H3,(H,16,18). The van der Waals surface area contributed by atoms with Gasteiger partial charge in [0.05, 0.1) is 11.4 Å². The Morgan fingerprint density at radius 3 is 2.89 bits per heavy atom. The van der Waals surface area contributed by atoms with Crippen molar-refractivity contribution in [3.63, 3.8) is 0 Å². The summed E-state index contributed by atoms with van der Waals surface area (Å²) >= 11 is 0. The molecule has 4 heteroatoms. The maximum absolute atomic E-state index is 11.7. The number of carbonyl (C=O) groups excluding carboxylic acids is 1. The number of rotatable bonds is 2. The molecule has 1 amide bonds. The first-order valence-corrected chi connectivity index (χ1v) is 6.57. The Labute approximate surface area is 107 Å². The maximum Gasteiger partial charge on any atom is 0.251 e. The van der Waals surface area contributed by atoms with Gasteiger partial charge in [-0.15, -0.1) is 0 Å². The highest BCUT2D eigenvalue weighted by molar-refractivity contribution is 5.96. The van der Waals surface area contributed by atoms with Crippen LogP contribution in [0.5, 0.6) is 0 Å². The van der Waals surface area contributed by atoms with Gasteiger partial charge in [0.1, 0.15) is 0 Å². The van der Waals surface area contributed by atoms with E-state index in [1.807, 2.05) is 12.1 Å². The van der Waals surface area contributed by atoms with Crippen molar-refractivity contribution in [2.24, 2.45) is 5.92 Å². The Bertz CT molecular complexity index is 486. The molecule has 1 aromatic rings. The number of fused-ring (bicyclic) bond motifs is 2. The molecule has 2 atom stereocenters. The zero-order chi connectivity index (χ0) is 12.7. The third-order valence-electron chi connectivity index (χ3n) is 4.24. The van der Waals surface area contributed by atoms with Crippen molar-refractivity contribution in [1.82, 2.24) is 5.32 Å². The largest absolute Gasteiger partial charge is 0.397 e. The second-order valence-electron chi connectivity index (χ2n) is 5.34. The average molecular weight is 245 g/mol. The van der Waals surface area contributed by atoms with Gasteiger partial charge in [0.2, 0.25) is 0 Å². The summed E-state index contributed by atoms with van der Waals surface area (Å²) in [4.78, 5) is 14.1. The first-order chi connectivity index (χ1) is 8.69. The molecule has 0 radical (unpaired) electrons. The average Bonchev–Trinajstić information content (AvgIpc) is 3.00. The molecule has 1 aliphatic heterocycles. The van der Waals surface area contributed by atoms with Crippen LogP contribution in [-0.2, 0) is 0 Å². The second-order valence-corrected chi connectivity index (χ2v) is 5.34. The molecule has 2 bridgehead atoms. The molecular formula is C14H19N3O. The Kier molecular flexibility index (Phi) is 2.65. The molecule has 1 saturated heterocycles. The van der Waals surface area contributed by atoms with Gasteiger partial charge >= 0.3 is 0 Å². The third-order valence-corrected chi connectivity index (χ3v) is 4.24. The number of carbonyl (C=O) groups is 1. The second kappa shape index (κ2) is 4.19. The first kappa shape index (κ1) is 11.4. The minimum Gasteiger partial charge on any atom is -0.397 e. The third kappa shape index (κ3) is 1.72. The van der Waals surface area contributed by atoms with Gasteiger partial charge in [-0.05, 0) is 43.4 Å². The van der Waals surface area contributed by atoms with Gasteiger partial charge in [0.25, 0.3) is 5.91 Å². The fourth-order valence-corrected chi connectivity index (χ4v) is 3.30. The predicted octanol–water partition coefficient (Wildman–Crippen LogP) is 1.62. The summed E-state index contributed by atoms with van der Waals surface area (Å²) in [7, 11) is 1.65. The minimum absolute atomic E-state index is 0.0550. The minimum atomic E-state index is -0.0550. The van der Waals surface area contributed by atoms with E-state index in [4.69, 9.17) is 5.73 Å². The van der Waals surface area contributed by atoms with Gasteiger partial charge in [-0.2, -0.15) is 0 Å². The van der Waals surface area contributed by atoms with Crippen molar-refractivity contribution in [1.29, 1.82) is 0 Å². The molecule has 18 heavy (non-hydrogen) atoms. The highest BCUT2D eigenvalue weighted by atomic mass is 16.1. The molecule has 2 aliphatic rings. The zero-order valence-electron chi connectivity index (χ0n) is 10.6. The molecule has 1 heterocycles. The summed E-state index contributed by atoms with van der Waals surface area (Å²) in [5.74, 6) is 0.763. The monoisotopic (exact) mass is 245 g/mol. The molecule has 4 nitrogen and oxygen atoms in total. The Morgan fingerprint density at radius 1 is 1.44 bits per heavy atom. The molecule has 2 fully saturated rings. The van der Waals surface area contributed by atoms with Crippen LogP contribution in [0.3, 0.4) is 0 Å². The van der Waals surface area contributed by atoms with Crippen LogP contribution in [0.15, 0.2) is 18.2 Å². The lowest BCUT2D eigenvalue weighted by Gasteiger charge is -2.30. The summed E-state index contributed by atoms with van der Waals surface area (Å²) in [6.07, 6.45) is 3.88. The molecule has 3 N–H and O–H groups in total. The predicted molar refractivity (Wildman–Crippen MR) is 72.7 cm³/mol. The van der Waals surface area contributed by atoms with Gasteiger partial charge < -0.3 is 16.0 Å². The fraction of sp³-hybridized carbons (Fsp3) is 0.500. The van der Waals surface area contributed by atoms with Gasteiger partial charge in [-0.1, -0.05) is 0 Å². The lowest BCUT2D eigenvalue weighted by molar-refractivity contribution is 0.0963. The summed E-state index contributed by atoms with van der Waals surface area (Å²) in [5.41, 5.74) is 8.56. The molecule has 1 saturated carbocycles. The summed E-state index contributed by atoms with van der Waals surface area (Å²) < 4.78 is 0. The quantitative estimate of drug-likeness (QED) is 0.778. The highest BCUT2D eigenvalue weighted by Gasteiger charge is 2.38. The normalized spacial score (nSPS) is 25.5. The number of amides is 1. The number of nitrogens with two attached hydrogens (primary N) is 1. The van der Waals surface area contributed by atoms with Crippen LogP contribution in [0, 0.1) is 5.92 Å². The van der Waals surface area contributed by atoms with Gasteiger partial charge in [0, 0.05) is 25.2 Å². The molecule has 3 rings (SSSR count). The number of nitrogen functional groups attached to an aromatic ring is 1. The van der Waals surface area contributed by atoms with Gasteiger partial charge in [-0.25, -0.2) is 0 Å². The van der Waals surface area contributed by atoms with Crippen molar-refractivity contribution in [3.8, 4) is 0 Å². The first-order valence-electron chi connectivity index (χ1n) is 6.57. The molecule has 96 valence electrons. The molecular weight excluding hydrogens is 226 g/mol. The van der Waals surface area contributed by atoms with Gasteiger partial charge in [0.15, 0.2) is 0 Å². The van der Waals surface area contributed by atoms with Crippen LogP contribution in [-0.4, -0.2) is 25.5 Å². The molecule has 0 spiro atoms. The maximum atomic E-state index is 11.7. The van der Waals surface area contributed by atoms with Crippen molar-refractivity contribution in [2.75, 3.05) is 24.2 Å². The van der Waals surface area contributed by atoms with Crippen LogP contribution in [0.4, 0.5) is 11.4 Å². The molecule has 0 aromatic heterocycles. The van der Waals surface area contributed by atoms with Crippen molar-refractivity contribution >= 4 is 17.3 Å². The topological polar surface area (TPSA) is 58.4 Å². The summed E-state index contributed by atoms with van der Waals surface area (Å²) in [5, 5.41) is 2.65. The van der Waals surface area contributed by atoms with E-state index in [2.05, 4.69) is 10.2 Å². The lowest BCUT2D eigenvalue weighted by atomic mass is 10.1. The highest BCUT2D eigenvalue weighted by Crippen LogP contribution is 2.42. The van der Waals surface area contributed by atoms with E-state index >= 15 is 0 Å². The number of nitrogens with one attached hydrogen (secondary N) is 1. The van der Waals surface area contributed by atoms with Crippen LogP contribution >= 0.6 is 0 Å². The van der Waals surface area contributed by atoms with E-state index in [-0.39, 0.29) is 5.91 Å². The summed E-state index contributed by atoms with van der Waals surface area (Å²) in [6.45, 7) is 1.09. The Hall–Kier alpha value is -1.71. The lowest BCUT2D eigenvalue weighted by Crippen LogP contribution is -2.32. The Morgan fingerprint density at radius 2 is 2.28 bits per heavy atom. The Balaban J connectivity index is 1.93. The van der Waals surface area contributed by atoms with Crippen LogP contribution in [0.25, 0.3) is 0 Å². The van der Waals surface area contributed by atoms with Crippen molar-refractivity contribution < 1.29 is 4.79 Å². The van der Waals surface area contributed by atoms with Crippen molar-refractivity contribution in [3.05, 3.63) is 23.8 Å². The van der Waals surface area contributed by atoms with E-state index in [9.17, 15) is 4.79 Å². The number of nitrogens with zero attached hydrogens (tertiary/aromatic N) is 1. The molecule has 1 aromatic carbocycles. The zero-order valence-corrected chi connectivity index (χ0v) is 10.6. The smallest absolute Gasteiger partial charge is 0.251 e. The van der Waals surface area contributed by atoms with E-state index in [0.717, 1.165) is 23.8 Å². The van der Waals surface area contributed by atoms with Crippen molar-refractivity contribution in [2.45, 2.75) is 25.3 Å². The number of hydrogen-bond acceptors (Lipinski definition) is 3. The van der Waals surface area contributed by atoms with Crippen LogP contribution in [0.1, 0.15) is 29.6 Å². The number of benzene rings is 1. The summed E-state index contributed by atoms with van der Waals surface area (Å²) in [6, 6.07) is 6.17. The fourth-order valence-electron chi connectivity index (χ4n) is 3.30. The van der Waals surface area contributed by atoms with E-state index < -0.39 is 0 Å². The SMILES string of the molecule is CNC(=O)c1ccc(N)c(N2CC3CCC2C3)c1. The van der Waals surface area contributed by atoms with Gasteiger partial charge in [-0.3, -0.25) is 4.79 Å². The van der Waals surface area contributed by atoms with Crippen LogP contribution in [0.2, 0.25) is 0 Å². The number of piperidine rings is 1. The molecule has 1 aliphatic carbocycles. The van der Waals surface area contributed by atoms with E-state index in [1.165, 1.54) is 19.3 Å². The van der Waals surface area contributed by atoms with E-state index in [0.29, 0.717) is 11.6 Å². The van der Waals surface area contributed by atoms with Crippen LogP contribution < -0.4 is 16.0 Å². The number of hydrogen-bond donors (Lipinski definition) is 2. The van der Waals surface area contributed by atoms with E-state index in [1.54, 1.807) is 13.1 Å². The number of anilines is 2.